The van der Waals surface area contributed by atoms with Crippen molar-refractivity contribution in [3.8, 4) is 0 Å². The molecule has 8 heteroatoms. The molecule has 1 amide bonds. The first-order valence-corrected chi connectivity index (χ1v) is 9.46. The van der Waals surface area contributed by atoms with Crippen LogP contribution in [0.2, 0.25) is 0 Å². The Labute approximate surface area is 150 Å². The number of benzene rings is 1. The Balaban J connectivity index is 0.00000288. The number of halogens is 1. The SMILES string of the molecule is C[C@@H](CN)NC(=O)Cc1ccc(S(=O)(=O)N2CCCCC2)cc1.Cl. The molecule has 1 heterocycles. The highest BCUT2D eigenvalue weighted by molar-refractivity contribution is 7.89. The average molecular weight is 376 g/mol. The van der Waals surface area contributed by atoms with Crippen LogP contribution in [-0.4, -0.2) is 44.3 Å². The third kappa shape index (κ3) is 5.44. The van der Waals surface area contributed by atoms with Gasteiger partial charge in [0.15, 0.2) is 0 Å². The van der Waals surface area contributed by atoms with Gasteiger partial charge in [-0.05, 0) is 37.5 Å². The number of carbonyl (C=O) groups excluding carboxylic acids is 1. The summed E-state index contributed by atoms with van der Waals surface area (Å²) < 4.78 is 26.6. The molecule has 1 fully saturated rings. The summed E-state index contributed by atoms with van der Waals surface area (Å²) in [5.74, 6) is -0.116. The quantitative estimate of drug-likeness (QED) is 0.783. The van der Waals surface area contributed by atoms with Gasteiger partial charge in [0.05, 0.1) is 11.3 Å². The fraction of sp³-hybridized carbons (Fsp3) is 0.562. The van der Waals surface area contributed by atoms with Crippen molar-refractivity contribution in [3.63, 3.8) is 0 Å². The van der Waals surface area contributed by atoms with Gasteiger partial charge in [0, 0.05) is 25.7 Å². The van der Waals surface area contributed by atoms with Crippen molar-refractivity contribution >= 4 is 28.3 Å². The monoisotopic (exact) mass is 375 g/mol. The van der Waals surface area contributed by atoms with Gasteiger partial charge in [0.2, 0.25) is 15.9 Å². The molecule has 0 aromatic heterocycles. The van der Waals surface area contributed by atoms with Gasteiger partial charge in [-0.2, -0.15) is 4.31 Å². The van der Waals surface area contributed by atoms with E-state index in [2.05, 4.69) is 5.32 Å². The second kappa shape index (κ2) is 9.36. The van der Waals surface area contributed by atoms with Crippen molar-refractivity contribution in [2.75, 3.05) is 19.6 Å². The minimum absolute atomic E-state index is 0. The molecule has 0 unspecified atom stereocenters. The number of nitrogens with zero attached hydrogens (tertiary/aromatic N) is 1. The lowest BCUT2D eigenvalue weighted by molar-refractivity contribution is -0.120. The topological polar surface area (TPSA) is 92.5 Å². The van der Waals surface area contributed by atoms with Gasteiger partial charge in [-0.3, -0.25) is 4.79 Å². The maximum absolute atomic E-state index is 12.5. The fourth-order valence-electron chi connectivity index (χ4n) is 2.60. The number of rotatable bonds is 6. The summed E-state index contributed by atoms with van der Waals surface area (Å²) in [6, 6.07) is 6.49. The molecule has 0 bridgehead atoms. The van der Waals surface area contributed by atoms with Crippen LogP contribution in [0, 0.1) is 0 Å². The van der Waals surface area contributed by atoms with Crippen LogP contribution in [0.5, 0.6) is 0 Å². The van der Waals surface area contributed by atoms with Gasteiger partial charge in [0.1, 0.15) is 0 Å². The smallest absolute Gasteiger partial charge is 0.243 e. The molecular formula is C16H26ClN3O3S. The van der Waals surface area contributed by atoms with Crippen molar-refractivity contribution < 1.29 is 13.2 Å². The van der Waals surface area contributed by atoms with Crippen molar-refractivity contribution in [3.05, 3.63) is 29.8 Å². The Morgan fingerprint density at radius 3 is 2.33 bits per heavy atom. The van der Waals surface area contributed by atoms with E-state index in [4.69, 9.17) is 5.73 Å². The highest BCUT2D eigenvalue weighted by Crippen LogP contribution is 2.20. The molecule has 1 aliphatic rings. The second-order valence-corrected chi connectivity index (χ2v) is 7.93. The van der Waals surface area contributed by atoms with Crippen molar-refractivity contribution in [1.82, 2.24) is 9.62 Å². The predicted octanol–water partition coefficient (Wildman–Crippen LogP) is 1.29. The minimum atomic E-state index is -3.41. The highest BCUT2D eigenvalue weighted by Gasteiger charge is 2.25. The van der Waals surface area contributed by atoms with E-state index in [9.17, 15) is 13.2 Å². The van der Waals surface area contributed by atoms with Crippen LogP contribution in [0.4, 0.5) is 0 Å². The van der Waals surface area contributed by atoms with E-state index in [0.717, 1.165) is 24.8 Å². The molecule has 6 nitrogen and oxygen atoms in total. The molecule has 1 aromatic rings. The summed E-state index contributed by atoms with van der Waals surface area (Å²) in [6.45, 7) is 3.40. The van der Waals surface area contributed by atoms with Crippen molar-refractivity contribution in [2.24, 2.45) is 5.73 Å². The Morgan fingerprint density at radius 2 is 1.79 bits per heavy atom. The Kier molecular flexibility index (Phi) is 8.15. The molecule has 1 saturated heterocycles. The number of hydrogen-bond acceptors (Lipinski definition) is 4. The second-order valence-electron chi connectivity index (χ2n) is 5.99. The average Bonchev–Trinajstić information content (AvgIpc) is 2.56. The summed E-state index contributed by atoms with van der Waals surface area (Å²) >= 11 is 0. The van der Waals surface area contributed by atoms with E-state index in [1.165, 1.54) is 0 Å². The van der Waals surface area contributed by atoms with Crippen LogP contribution in [0.25, 0.3) is 0 Å². The number of piperidine rings is 1. The number of hydrogen-bond donors (Lipinski definition) is 2. The largest absolute Gasteiger partial charge is 0.352 e. The third-order valence-electron chi connectivity index (χ3n) is 4.00. The van der Waals surface area contributed by atoms with E-state index in [0.29, 0.717) is 24.5 Å². The molecule has 0 aliphatic carbocycles. The predicted molar refractivity (Wildman–Crippen MR) is 96.7 cm³/mol. The zero-order chi connectivity index (χ0) is 16.9. The molecular weight excluding hydrogens is 350 g/mol. The minimum Gasteiger partial charge on any atom is -0.352 e. The summed E-state index contributed by atoms with van der Waals surface area (Å²) in [5.41, 5.74) is 6.25. The molecule has 3 N–H and O–H groups in total. The van der Waals surface area contributed by atoms with Crippen LogP contribution in [0.3, 0.4) is 0 Å². The summed E-state index contributed by atoms with van der Waals surface area (Å²) in [7, 11) is -3.41. The lowest BCUT2D eigenvalue weighted by atomic mass is 10.1. The van der Waals surface area contributed by atoms with Gasteiger partial charge in [-0.1, -0.05) is 18.6 Å². The first kappa shape index (κ1) is 20.9. The van der Waals surface area contributed by atoms with E-state index in [-0.39, 0.29) is 30.8 Å². The first-order chi connectivity index (χ1) is 10.9. The van der Waals surface area contributed by atoms with Crippen LogP contribution in [-0.2, 0) is 21.2 Å². The maximum Gasteiger partial charge on any atom is 0.243 e. The van der Waals surface area contributed by atoms with Crippen LogP contribution < -0.4 is 11.1 Å². The van der Waals surface area contributed by atoms with Gasteiger partial charge >= 0.3 is 0 Å². The van der Waals surface area contributed by atoms with Gasteiger partial charge in [-0.25, -0.2) is 8.42 Å². The first-order valence-electron chi connectivity index (χ1n) is 8.02. The van der Waals surface area contributed by atoms with E-state index in [1.807, 2.05) is 6.92 Å². The molecule has 1 atom stereocenters. The summed E-state index contributed by atoms with van der Waals surface area (Å²) in [6.07, 6.45) is 3.13. The standard InChI is InChI=1S/C16H25N3O3S.ClH/c1-13(12-17)18-16(20)11-14-5-7-15(8-6-14)23(21,22)19-9-3-2-4-10-19;/h5-8,13H,2-4,9-12,17H2,1H3,(H,18,20);1H/t13-;/m0./s1. The molecule has 0 radical (unpaired) electrons. The zero-order valence-electron chi connectivity index (χ0n) is 13.9. The van der Waals surface area contributed by atoms with E-state index in [1.54, 1.807) is 28.6 Å². The van der Waals surface area contributed by atoms with Crippen LogP contribution in [0.15, 0.2) is 29.2 Å². The van der Waals surface area contributed by atoms with Crippen molar-refractivity contribution in [2.45, 2.75) is 43.5 Å². The zero-order valence-corrected chi connectivity index (χ0v) is 15.5. The molecule has 24 heavy (non-hydrogen) atoms. The fourth-order valence-corrected chi connectivity index (χ4v) is 4.12. The van der Waals surface area contributed by atoms with Crippen molar-refractivity contribution in [1.29, 1.82) is 0 Å². The third-order valence-corrected chi connectivity index (χ3v) is 5.91. The lowest BCUT2D eigenvalue weighted by Gasteiger charge is -2.25. The molecule has 136 valence electrons. The molecule has 0 saturated carbocycles. The van der Waals surface area contributed by atoms with Gasteiger partial charge in [-0.15, -0.1) is 12.4 Å². The Morgan fingerprint density at radius 1 is 1.21 bits per heavy atom. The number of sulfonamides is 1. The van der Waals surface area contributed by atoms with Crippen LogP contribution >= 0.6 is 12.4 Å². The summed E-state index contributed by atoms with van der Waals surface area (Å²) in [5, 5.41) is 2.78. The number of amides is 1. The Bertz CT molecular complexity index is 628. The van der Waals surface area contributed by atoms with Gasteiger partial charge < -0.3 is 11.1 Å². The van der Waals surface area contributed by atoms with Crippen LogP contribution in [0.1, 0.15) is 31.7 Å². The molecule has 0 spiro atoms. The maximum atomic E-state index is 12.5. The molecule has 1 aromatic carbocycles. The van der Waals surface area contributed by atoms with Gasteiger partial charge in [0.25, 0.3) is 0 Å². The van der Waals surface area contributed by atoms with E-state index < -0.39 is 10.0 Å². The number of nitrogens with two attached hydrogens (primary N) is 1. The normalized spacial score (nSPS) is 16.9. The lowest BCUT2D eigenvalue weighted by Crippen LogP contribution is -2.38. The van der Waals surface area contributed by atoms with E-state index >= 15 is 0 Å². The summed E-state index contributed by atoms with van der Waals surface area (Å²) in [4.78, 5) is 12.1. The number of nitrogens with one attached hydrogen (secondary N) is 1. The highest BCUT2D eigenvalue weighted by atomic mass is 35.5. The molecule has 2 rings (SSSR count). The number of carbonyl (C=O) groups is 1. The molecule has 1 aliphatic heterocycles. The Hall–Kier alpha value is -1.15.